The zero-order chi connectivity index (χ0) is 32.2. The van der Waals surface area contributed by atoms with Gasteiger partial charge in [-0.05, 0) is 42.8 Å². The third-order valence-corrected chi connectivity index (χ3v) is 9.92. The number of hydrogen-bond acceptors (Lipinski definition) is 4. The fraction of sp³-hybridized carbons (Fsp3) is 0.0233. The van der Waals surface area contributed by atoms with E-state index < -0.39 is 0 Å². The monoisotopic (exact) mass is 823 g/mol. The topological polar surface area (TPSA) is 37.4 Å². The van der Waals surface area contributed by atoms with Gasteiger partial charge in [0.15, 0.2) is 5.65 Å². The van der Waals surface area contributed by atoms with Crippen LogP contribution in [0.4, 0.5) is 17.1 Å². The average molecular weight is 824 g/mol. The summed E-state index contributed by atoms with van der Waals surface area (Å²) < 4.78 is 11.2. The number of para-hydroxylation sites is 5. The molecule has 0 radical (unpaired) electrons. The molecule has 50 heavy (non-hydrogen) atoms. The van der Waals surface area contributed by atoms with Gasteiger partial charge >= 0.3 is 0 Å². The minimum absolute atomic E-state index is 0. The van der Waals surface area contributed by atoms with Gasteiger partial charge in [-0.25, -0.2) is 4.98 Å². The Labute approximate surface area is 301 Å². The fourth-order valence-corrected chi connectivity index (χ4v) is 7.89. The number of hydrogen-bond donors (Lipinski definition) is 0. The summed E-state index contributed by atoms with van der Waals surface area (Å²) in [7, 11) is 2.06. The van der Waals surface area contributed by atoms with E-state index >= 15 is 0 Å². The van der Waals surface area contributed by atoms with Crippen LogP contribution in [-0.2, 0) is 21.1 Å². The smallest absolute Gasteiger partial charge is 0.160 e. The molecule has 0 amide bonds. The Morgan fingerprint density at radius 2 is 1.20 bits per heavy atom. The molecule has 0 unspecified atom stereocenters. The maximum absolute atomic E-state index is 6.53. The zero-order valence-electron chi connectivity index (χ0n) is 26.7. The van der Waals surface area contributed by atoms with Gasteiger partial charge in [-0.1, -0.05) is 72.2 Å². The fourth-order valence-electron chi connectivity index (χ4n) is 7.89. The van der Waals surface area contributed by atoms with Crippen molar-refractivity contribution in [2.75, 3.05) is 16.8 Å². The number of nitrogens with zero attached hydrogens (tertiary/aromatic N) is 5. The van der Waals surface area contributed by atoms with Crippen LogP contribution in [0.25, 0.3) is 65.5 Å². The summed E-state index contributed by atoms with van der Waals surface area (Å²) in [6.45, 7) is 2.07. The van der Waals surface area contributed by atoms with Gasteiger partial charge in [-0.2, -0.15) is 18.8 Å². The van der Waals surface area contributed by atoms with Gasteiger partial charge in [-0.15, -0.1) is 41.4 Å². The van der Waals surface area contributed by atoms with E-state index in [0.29, 0.717) is 11.5 Å². The van der Waals surface area contributed by atoms with Crippen molar-refractivity contribution in [1.82, 2.24) is 13.8 Å². The Balaban J connectivity index is 0.00000316. The molecular weight excluding hydrogens is 798 g/mol. The Hall–Kier alpha value is -5.84. The number of aromatic nitrogens is 3. The first-order chi connectivity index (χ1) is 24.2. The number of fused-ring (bicyclic) bond motifs is 11. The van der Waals surface area contributed by atoms with Crippen molar-refractivity contribution >= 4 is 82.6 Å². The number of ether oxygens (including phenoxy) is 1. The van der Waals surface area contributed by atoms with Crippen molar-refractivity contribution in [2.45, 2.75) is 0 Å². The van der Waals surface area contributed by atoms with Crippen LogP contribution in [0.1, 0.15) is 0 Å². The molecule has 0 saturated carbocycles. The van der Waals surface area contributed by atoms with Gasteiger partial charge in [0, 0.05) is 77.2 Å². The van der Waals surface area contributed by atoms with E-state index in [1.807, 2.05) is 36.5 Å². The number of anilines is 3. The Kier molecular flexibility index (Phi) is 6.30. The summed E-state index contributed by atoms with van der Waals surface area (Å²) in [5.74, 6) is 1.23. The molecule has 6 aromatic carbocycles. The van der Waals surface area contributed by atoms with Crippen molar-refractivity contribution in [3.05, 3.63) is 152 Å². The van der Waals surface area contributed by atoms with Crippen molar-refractivity contribution in [3.63, 3.8) is 0 Å². The normalized spacial score (nSPS) is 13.0. The molecule has 0 fully saturated rings. The molecule has 4 aromatic heterocycles. The molecule has 0 atom stereocenters. The van der Waals surface area contributed by atoms with Gasteiger partial charge in [0.2, 0.25) is 0 Å². The maximum Gasteiger partial charge on any atom is 0.160 e. The molecule has 11 rings (SSSR count). The van der Waals surface area contributed by atoms with Crippen LogP contribution in [0.5, 0.6) is 11.5 Å². The van der Waals surface area contributed by atoms with Crippen LogP contribution in [0, 0.1) is 18.8 Å². The predicted molar refractivity (Wildman–Crippen MR) is 199 cm³/mol. The number of rotatable bonds is 3. The number of benzene rings is 6. The number of pyridine rings is 1. The average Bonchev–Trinajstić information content (AvgIpc) is 3.78. The van der Waals surface area contributed by atoms with E-state index in [-0.39, 0.29) is 21.1 Å². The SMILES string of the molecule is CN1[CH-]N(c2[c-]c(Oc3[c-]c4c(cc3)c3cccc5c6cccc7c8ccccc8n(c8cccnc8n4c35)c76)ccc2)c2ccccc21.[Pt]. The van der Waals surface area contributed by atoms with E-state index in [4.69, 9.17) is 9.72 Å². The second-order valence-corrected chi connectivity index (χ2v) is 12.6. The second kappa shape index (κ2) is 10.8. The minimum Gasteiger partial charge on any atom is -0.509 e. The molecule has 0 bridgehead atoms. The van der Waals surface area contributed by atoms with Crippen LogP contribution < -0.4 is 14.5 Å². The van der Waals surface area contributed by atoms with Crippen molar-refractivity contribution in [2.24, 2.45) is 0 Å². The van der Waals surface area contributed by atoms with Crippen LogP contribution in [-0.4, -0.2) is 20.8 Å². The minimum atomic E-state index is 0. The van der Waals surface area contributed by atoms with E-state index in [1.54, 1.807) is 0 Å². The Morgan fingerprint density at radius 1 is 0.560 bits per heavy atom. The van der Waals surface area contributed by atoms with Crippen LogP contribution >= 0.6 is 0 Å². The molecule has 1 aliphatic rings. The molecule has 0 aliphatic carbocycles. The van der Waals surface area contributed by atoms with E-state index in [2.05, 4.69) is 142 Å². The van der Waals surface area contributed by atoms with E-state index in [1.165, 1.54) is 21.7 Å². The van der Waals surface area contributed by atoms with E-state index in [0.717, 1.165) is 60.9 Å². The zero-order valence-corrected chi connectivity index (χ0v) is 29.0. The molecule has 0 spiro atoms. The summed E-state index contributed by atoms with van der Waals surface area (Å²) in [5, 5.41) is 7.03. The van der Waals surface area contributed by atoms with Gasteiger partial charge in [0.1, 0.15) is 0 Å². The Bertz CT molecular complexity index is 3000. The predicted octanol–water partition coefficient (Wildman–Crippen LogP) is 10.5. The molecule has 10 aromatic rings. The third-order valence-electron chi connectivity index (χ3n) is 9.92. The molecule has 7 heteroatoms. The summed E-state index contributed by atoms with van der Waals surface area (Å²) in [5.41, 5.74) is 9.37. The van der Waals surface area contributed by atoms with Crippen molar-refractivity contribution in [1.29, 1.82) is 0 Å². The quantitative estimate of drug-likeness (QED) is 0.166. The summed E-state index contributed by atoms with van der Waals surface area (Å²) >= 11 is 0. The van der Waals surface area contributed by atoms with E-state index in [9.17, 15) is 0 Å². The van der Waals surface area contributed by atoms with Crippen LogP contribution in [0.3, 0.4) is 0 Å². The first-order valence-corrected chi connectivity index (χ1v) is 16.4. The van der Waals surface area contributed by atoms with Gasteiger partial charge in [0.25, 0.3) is 0 Å². The second-order valence-electron chi connectivity index (χ2n) is 12.6. The molecule has 6 nitrogen and oxygen atoms in total. The summed E-state index contributed by atoms with van der Waals surface area (Å²) in [4.78, 5) is 9.32. The molecule has 0 N–H and O–H groups in total. The van der Waals surface area contributed by atoms with Crippen molar-refractivity contribution < 1.29 is 25.8 Å². The van der Waals surface area contributed by atoms with Crippen molar-refractivity contribution in [3.8, 4) is 11.5 Å². The van der Waals surface area contributed by atoms with Crippen LogP contribution in [0.15, 0.2) is 134 Å². The summed E-state index contributed by atoms with van der Waals surface area (Å²) in [6.07, 6.45) is 1.88. The summed E-state index contributed by atoms with van der Waals surface area (Å²) in [6, 6.07) is 51.7. The molecule has 5 heterocycles. The first-order valence-electron chi connectivity index (χ1n) is 16.4. The largest absolute Gasteiger partial charge is 0.509 e. The van der Waals surface area contributed by atoms with Gasteiger partial charge < -0.3 is 23.3 Å². The molecule has 242 valence electrons. The van der Waals surface area contributed by atoms with Gasteiger partial charge in [-0.3, -0.25) is 0 Å². The third kappa shape index (κ3) is 3.97. The molecular formula is C43H26N5OPt-3. The van der Waals surface area contributed by atoms with Crippen LogP contribution in [0.2, 0.25) is 0 Å². The maximum atomic E-state index is 6.53. The first kappa shape index (κ1) is 29.1. The molecule has 0 saturated heterocycles. The Morgan fingerprint density at radius 3 is 2.04 bits per heavy atom. The molecule has 1 aliphatic heterocycles. The van der Waals surface area contributed by atoms with Gasteiger partial charge in [0.05, 0.1) is 16.6 Å². The standard InChI is InChI=1S/C43H26N5O.Pt/c1-45-26-46(38-19-5-4-18-37(38)45)27-10-6-11-28(24-27)49-29-21-22-31-33-14-8-16-35-34-15-7-13-32-30-12-2-3-17-36(30)47(41(32)34)39-20-9-23-44-43(39)48(42(33)35)40(31)25-29;/h2-23,26H,1H3;/q-3;.